The SMILES string of the molecule is CO[C@H]1C[C@@H]2CC[C@@H](C)[C@@](O)(O2)C(=O)C(=O)N2CCCC[C@H]2C(=O)O[C@H]([C@H](C)C[C@@H]2CC[C@@H](OCCCCc3cn(CCOCCOCCOCCOCCNC(=O)CCC(=O)NCCCCn4nc(-c5ccc6oc(N)nc6c5)c5c(N)ncnc54)nn3)[C@H](OC)C2)CC(=O)[C@H](C)/C=C(\C)[C@@H](O)[C@@H](O)C(=O)[C@H](C)C[C@H](C)/C=C/C=C/C=C/1C. The number of fused-ring (bicyclic) bond motifs is 5. The molecule has 9 rings (SSSR count). The number of allylic oxidation sites excluding steroid dienone is 6. The van der Waals surface area contributed by atoms with Crippen molar-refractivity contribution in [3.05, 3.63) is 84.0 Å². The Bertz CT molecular complexity index is 4240. The van der Waals surface area contributed by atoms with Crippen LogP contribution in [0.25, 0.3) is 33.4 Å². The van der Waals surface area contributed by atoms with Crippen LogP contribution in [-0.2, 0) is 95.7 Å². The number of aromatic nitrogens is 8. The van der Waals surface area contributed by atoms with E-state index in [-0.39, 0.29) is 91.9 Å². The molecule has 7 heterocycles. The van der Waals surface area contributed by atoms with Crippen molar-refractivity contribution in [2.45, 2.75) is 238 Å². The minimum absolute atomic E-state index is 0.0538. The molecule has 33 nitrogen and oxygen atoms in total. The van der Waals surface area contributed by atoms with Crippen molar-refractivity contribution >= 4 is 75.0 Å². The molecular weight excluding hydrogens is 1540 g/mol. The third kappa shape index (κ3) is 28.0. The topological polar surface area (TPSA) is 443 Å². The minimum atomic E-state index is -2.47. The van der Waals surface area contributed by atoms with E-state index in [4.69, 9.17) is 63.6 Å². The monoisotopic (exact) mass is 1660 g/mol. The number of nitrogens with two attached hydrogens (primary N) is 2. The number of nitrogens with zero attached hydrogens (tertiary/aromatic N) is 9. The van der Waals surface area contributed by atoms with Crippen LogP contribution in [0.3, 0.4) is 0 Å². The van der Waals surface area contributed by atoms with Crippen LogP contribution in [0.2, 0.25) is 0 Å². The van der Waals surface area contributed by atoms with Crippen LogP contribution in [0, 0.1) is 35.5 Å². The molecule has 1 aromatic carbocycles. The number of aryl methyl sites for hydroxylation is 2. The second kappa shape index (κ2) is 47.6. The van der Waals surface area contributed by atoms with Crippen LogP contribution in [0.4, 0.5) is 11.8 Å². The Kier molecular flexibility index (Phi) is 37.7. The number of hydrogen-bond donors (Lipinski definition) is 7. The minimum Gasteiger partial charge on any atom is -0.460 e. The Morgan fingerprint density at radius 1 is 0.756 bits per heavy atom. The van der Waals surface area contributed by atoms with Crippen LogP contribution in [0.5, 0.6) is 0 Å². The van der Waals surface area contributed by atoms with Crippen molar-refractivity contribution in [2.75, 3.05) is 105 Å². The van der Waals surface area contributed by atoms with Crippen LogP contribution < -0.4 is 22.1 Å². The number of carbonyl (C=O) groups is 7. The van der Waals surface area contributed by atoms with Crippen LogP contribution in [0.1, 0.15) is 170 Å². The first-order valence-corrected chi connectivity index (χ1v) is 42.4. The zero-order chi connectivity index (χ0) is 85.5. The fraction of sp³-hybridized carbons (Fsp3) is 0.663. The highest BCUT2D eigenvalue weighted by molar-refractivity contribution is 6.39. The van der Waals surface area contributed by atoms with Gasteiger partial charge in [-0.1, -0.05) is 76.3 Å². The van der Waals surface area contributed by atoms with Crippen molar-refractivity contribution in [2.24, 2.45) is 35.5 Å². The number of piperidine rings is 1. The van der Waals surface area contributed by atoms with E-state index in [0.29, 0.717) is 190 Å². The Balaban J connectivity index is 0.630. The smallest absolute Gasteiger partial charge is 0.329 e. The van der Waals surface area contributed by atoms with Gasteiger partial charge in [0.1, 0.15) is 53.5 Å². The summed E-state index contributed by atoms with van der Waals surface area (Å²) in [4.78, 5) is 111. The van der Waals surface area contributed by atoms with Gasteiger partial charge in [-0.05, 0) is 157 Å². The summed E-state index contributed by atoms with van der Waals surface area (Å²) < 4.78 is 62.6. The number of cyclic esters (lactones) is 1. The van der Waals surface area contributed by atoms with Gasteiger partial charge in [-0.15, -0.1) is 5.10 Å². The zero-order valence-corrected chi connectivity index (χ0v) is 70.7. The number of hydrogen-bond acceptors (Lipinski definition) is 28. The quantitative estimate of drug-likeness (QED) is 0.00878. The molecule has 5 aromatic rings. The lowest BCUT2D eigenvalue weighted by molar-refractivity contribution is -0.265. The number of aliphatic hydroxyl groups excluding tert-OH is 2. The Morgan fingerprint density at radius 2 is 1.49 bits per heavy atom. The number of amides is 3. The van der Waals surface area contributed by atoms with Crippen molar-refractivity contribution in [1.29, 1.82) is 0 Å². The van der Waals surface area contributed by atoms with Crippen LogP contribution >= 0.6 is 0 Å². The fourth-order valence-electron chi connectivity index (χ4n) is 16.0. The fourth-order valence-corrected chi connectivity index (χ4v) is 16.0. The summed E-state index contributed by atoms with van der Waals surface area (Å²) in [6, 6.07) is 4.33. The molecule has 0 radical (unpaired) electrons. The molecule has 119 heavy (non-hydrogen) atoms. The summed E-state index contributed by atoms with van der Waals surface area (Å²) in [7, 11) is 3.23. The second-order valence-corrected chi connectivity index (χ2v) is 32.3. The average Bonchev–Trinajstić information content (AvgIpc) is 1.62. The first-order chi connectivity index (χ1) is 57.2. The number of ketones is 3. The standard InChI is InChI=1S/C86H127N13O20/c1-54-19-11-10-12-20-55(2)70(110-8)50-64-26-23-60(7)86(109,119-64)80(106)83(107)98-33-16-13-22-66(98)84(108)117-71(51-67(100)56(3)46-59(6)78(104)79(105)77(103)58(5)45-54)57(4)47-61-24-27-69(72(48-61)111-9)116-36-18-14-21-63-52-97(96-94-63)35-38-113-40-42-115-44-43-114-41-39-112-37-32-90-74(102)30-29-73(101)89-31-15-17-34-99-82-75(81(87)91-53-92-82)76(95-99)62-25-28-68-65(49-62)93-85(88)118-68/h10-12,19-20,25,28,46,49,52-54,56-58,60-61,64,66,69-72,78-79,104-105,109H,13-18,21-24,26-27,29-45,47-48,50-51H2,1-9H3,(H2,88,93)(H,89,101)(H,90,102)(H2,87,91,92)/b12-10+,19-11+,55-20+,59-46+/t54-,56-,57-,58-,60-,61+,64+,66+,69-,70+,71+,72-,78-,79+,86-/m1/s1. The van der Waals surface area contributed by atoms with E-state index < -0.39 is 89.5 Å². The van der Waals surface area contributed by atoms with E-state index in [0.717, 1.165) is 36.1 Å². The number of aliphatic hydroxyl groups is 3. The van der Waals surface area contributed by atoms with Gasteiger partial charge in [0.15, 0.2) is 17.0 Å². The van der Waals surface area contributed by atoms with E-state index in [1.807, 2.05) is 69.5 Å². The van der Waals surface area contributed by atoms with Crippen molar-refractivity contribution in [1.82, 2.24) is 55.3 Å². The highest BCUT2D eigenvalue weighted by Gasteiger charge is 2.53. The van der Waals surface area contributed by atoms with Crippen molar-refractivity contribution in [3.8, 4) is 11.3 Å². The Morgan fingerprint density at radius 3 is 2.23 bits per heavy atom. The van der Waals surface area contributed by atoms with E-state index in [1.165, 1.54) is 17.3 Å². The number of rotatable bonds is 35. The summed E-state index contributed by atoms with van der Waals surface area (Å²) in [6.45, 7) is 17.7. The summed E-state index contributed by atoms with van der Waals surface area (Å²) in [5, 5.41) is 54.4. The second-order valence-electron chi connectivity index (χ2n) is 32.3. The zero-order valence-electron chi connectivity index (χ0n) is 70.7. The largest absolute Gasteiger partial charge is 0.460 e. The van der Waals surface area contributed by atoms with Crippen molar-refractivity contribution < 1.29 is 95.9 Å². The van der Waals surface area contributed by atoms with Crippen LogP contribution in [-0.4, -0.2) is 249 Å². The molecule has 4 aromatic heterocycles. The van der Waals surface area contributed by atoms with Gasteiger partial charge >= 0.3 is 5.97 Å². The Hall–Kier alpha value is -8.61. The number of Topliss-reactive ketones (excluding diaryl/α,β-unsaturated/α-hetero) is 3. The lowest BCUT2D eigenvalue weighted by Gasteiger charge is -2.42. The first kappa shape index (κ1) is 94.2. The lowest BCUT2D eigenvalue weighted by atomic mass is 9.78. The predicted octanol–water partition coefficient (Wildman–Crippen LogP) is 7.84. The molecule has 33 heteroatoms. The highest BCUT2D eigenvalue weighted by atomic mass is 16.6. The molecule has 656 valence electrons. The molecule has 3 amide bonds. The number of nitrogen functional groups attached to an aromatic ring is 2. The maximum Gasteiger partial charge on any atom is 0.329 e. The first-order valence-electron chi connectivity index (χ1n) is 42.4. The molecule has 1 saturated carbocycles. The third-order valence-electron chi connectivity index (χ3n) is 23.1. The van der Waals surface area contributed by atoms with E-state index in [1.54, 1.807) is 57.3 Å². The molecule has 4 aliphatic rings. The number of esters is 1. The molecule has 2 bridgehead atoms. The molecule has 1 aliphatic carbocycles. The van der Waals surface area contributed by atoms with Gasteiger partial charge in [0, 0.05) is 102 Å². The average molecular weight is 1660 g/mol. The number of benzene rings is 1. The van der Waals surface area contributed by atoms with Gasteiger partial charge < -0.3 is 89.4 Å². The normalized spacial score (nSPS) is 27.4. The molecule has 3 aliphatic heterocycles. The molecule has 0 spiro atoms. The summed E-state index contributed by atoms with van der Waals surface area (Å²) >= 11 is 0. The van der Waals surface area contributed by atoms with Gasteiger partial charge in [-0.3, -0.25) is 28.8 Å². The molecule has 2 saturated heterocycles. The summed E-state index contributed by atoms with van der Waals surface area (Å²) in [6.07, 6.45) is 17.5. The van der Waals surface area contributed by atoms with Crippen molar-refractivity contribution in [3.63, 3.8) is 0 Å². The number of unbranched alkanes of at least 4 members (excludes halogenated alkanes) is 2. The van der Waals surface area contributed by atoms with E-state index >= 15 is 0 Å². The van der Waals surface area contributed by atoms with Gasteiger partial charge in [0.05, 0.1) is 94.9 Å². The van der Waals surface area contributed by atoms with E-state index in [9.17, 15) is 48.9 Å². The number of carbonyl (C=O) groups excluding carboxylic acids is 7. The molecule has 3 fully saturated rings. The number of ether oxygens (including phenoxy) is 9. The molecule has 0 unspecified atom stereocenters. The summed E-state index contributed by atoms with van der Waals surface area (Å²) in [5.74, 6) is -9.00. The highest BCUT2D eigenvalue weighted by Crippen LogP contribution is 2.39. The van der Waals surface area contributed by atoms with Crippen LogP contribution in [0.15, 0.2) is 82.7 Å². The van der Waals surface area contributed by atoms with Gasteiger partial charge in [0.25, 0.3) is 17.7 Å². The maximum absolute atomic E-state index is 14.7. The van der Waals surface area contributed by atoms with Gasteiger partial charge in [-0.2, -0.15) is 10.1 Å². The molecule has 9 N–H and O–H groups in total. The maximum atomic E-state index is 14.7. The third-order valence-corrected chi connectivity index (χ3v) is 23.1. The number of methoxy groups -OCH3 is 2. The van der Waals surface area contributed by atoms with Gasteiger partial charge in [0.2, 0.25) is 17.6 Å². The number of anilines is 2. The summed E-state index contributed by atoms with van der Waals surface area (Å²) in [5.41, 5.74) is 17.1. The lowest BCUT2D eigenvalue weighted by Crippen LogP contribution is -2.61. The molecule has 15 atom stereocenters. The van der Waals surface area contributed by atoms with Gasteiger partial charge in [-0.25, -0.2) is 24.1 Å². The predicted molar refractivity (Wildman–Crippen MR) is 442 cm³/mol. The Labute approximate surface area is 696 Å². The molecular formula is C86H127N13O20. The van der Waals surface area contributed by atoms with E-state index in [2.05, 4.69) is 35.9 Å². The number of nitrogens with one attached hydrogen (secondary N) is 2. The number of oxazole rings is 1.